The molecule has 0 spiro atoms. The van der Waals surface area contributed by atoms with Crippen LogP contribution in [0.2, 0.25) is 0 Å². The molecule has 12 heavy (non-hydrogen) atoms. The van der Waals surface area contributed by atoms with Crippen molar-refractivity contribution in [1.82, 2.24) is 0 Å². The van der Waals surface area contributed by atoms with Crippen molar-refractivity contribution in [2.24, 2.45) is 0 Å². The van der Waals surface area contributed by atoms with Crippen molar-refractivity contribution in [3.63, 3.8) is 0 Å². The minimum Gasteiger partial charge on any atom is -0.452 e. The Bertz CT molecular complexity index is 130. The van der Waals surface area contributed by atoms with Crippen LogP contribution < -0.4 is 0 Å². The zero-order chi connectivity index (χ0) is 9.61. The van der Waals surface area contributed by atoms with Gasteiger partial charge in [-0.05, 0) is 20.8 Å². The van der Waals surface area contributed by atoms with Gasteiger partial charge in [0.2, 0.25) is 0 Å². The van der Waals surface area contributed by atoms with Gasteiger partial charge in [0.15, 0.2) is 0 Å². The number of ether oxygens (including phenoxy) is 1. The first-order valence-electron chi connectivity index (χ1n) is 4.30. The van der Waals surface area contributed by atoms with Gasteiger partial charge in [-0.3, -0.25) is 0 Å². The summed E-state index contributed by atoms with van der Waals surface area (Å²) in [5, 5.41) is 0. The maximum absolute atomic E-state index is 10.2. The van der Waals surface area contributed by atoms with Gasteiger partial charge >= 0.3 is 3.98 Å². The second-order valence-corrected chi connectivity index (χ2v) is 4.75. The fraction of sp³-hybridized carbons (Fsp3) is 0.889. The van der Waals surface area contributed by atoms with Gasteiger partial charge in [-0.25, -0.2) is 4.79 Å². The molecule has 2 nitrogen and oxygen atoms in total. The van der Waals surface area contributed by atoms with E-state index in [4.69, 9.17) is 4.74 Å². The largest absolute Gasteiger partial charge is 0.452 e. The molecule has 0 saturated heterocycles. The predicted octanol–water partition coefficient (Wildman–Crippen LogP) is 3.92. The standard InChI is InChI=1S/C5H9IO2.C4H8/c1-5(2,3)8-4(6)7;1-2-4-3-1/h1-3H3;1-4H2. The van der Waals surface area contributed by atoms with Crippen LogP contribution in [0, 0.1) is 0 Å². The third kappa shape index (κ3) is 10.2. The van der Waals surface area contributed by atoms with E-state index in [1.807, 2.05) is 20.8 Å². The Labute approximate surface area is 88.2 Å². The van der Waals surface area contributed by atoms with Crippen LogP contribution in [-0.2, 0) is 4.74 Å². The Balaban J connectivity index is 0.000000247. The van der Waals surface area contributed by atoms with Crippen molar-refractivity contribution in [3.8, 4) is 0 Å². The molecule has 1 aliphatic rings. The molecule has 0 radical (unpaired) electrons. The summed E-state index contributed by atoms with van der Waals surface area (Å²) in [4.78, 5) is 10.2. The van der Waals surface area contributed by atoms with E-state index in [9.17, 15) is 4.79 Å². The summed E-state index contributed by atoms with van der Waals surface area (Å²) >= 11 is 1.61. The molecule has 0 aromatic carbocycles. The Morgan fingerprint density at radius 1 is 1.17 bits per heavy atom. The quantitative estimate of drug-likeness (QED) is 0.498. The molecule has 1 rings (SSSR count). The molecule has 3 heteroatoms. The second-order valence-electron chi connectivity index (χ2n) is 3.87. The molecule has 0 N–H and O–H groups in total. The van der Waals surface area contributed by atoms with Crippen LogP contribution in [0.4, 0.5) is 4.79 Å². The lowest BCUT2D eigenvalue weighted by Gasteiger charge is -2.16. The summed E-state index contributed by atoms with van der Waals surface area (Å²) in [6, 6.07) is 0. The molecule has 1 fully saturated rings. The van der Waals surface area contributed by atoms with E-state index in [2.05, 4.69) is 0 Å². The molecule has 72 valence electrons. The molecule has 1 saturated carbocycles. The zero-order valence-electron chi connectivity index (χ0n) is 8.02. The van der Waals surface area contributed by atoms with Crippen molar-refractivity contribution in [3.05, 3.63) is 0 Å². The van der Waals surface area contributed by atoms with E-state index in [0.29, 0.717) is 0 Å². The third-order valence-electron chi connectivity index (χ3n) is 1.39. The van der Waals surface area contributed by atoms with E-state index in [1.165, 1.54) is 25.7 Å². The van der Waals surface area contributed by atoms with Crippen LogP contribution in [0.1, 0.15) is 46.5 Å². The highest BCUT2D eigenvalue weighted by atomic mass is 127. The minimum atomic E-state index is -0.335. The van der Waals surface area contributed by atoms with E-state index < -0.39 is 0 Å². The molecule has 0 aromatic rings. The molecule has 0 unspecified atom stereocenters. The minimum absolute atomic E-state index is 0.255. The Kier molecular flexibility index (Phi) is 5.88. The lowest BCUT2D eigenvalue weighted by molar-refractivity contribution is 0.0766. The maximum atomic E-state index is 10.2. The van der Waals surface area contributed by atoms with Crippen molar-refractivity contribution in [1.29, 1.82) is 0 Å². The first kappa shape index (κ1) is 12.2. The highest BCUT2D eigenvalue weighted by Gasteiger charge is 2.12. The topological polar surface area (TPSA) is 26.3 Å². The number of carbonyl (C=O) groups excluding carboxylic acids is 1. The molecule has 0 atom stereocenters. The highest BCUT2D eigenvalue weighted by molar-refractivity contribution is 14.1. The Hall–Kier alpha value is 0.200. The smallest absolute Gasteiger partial charge is 0.367 e. The molecule has 0 aliphatic heterocycles. The van der Waals surface area contributed by atoms with Crippen LogP contribution in [0.15, 0.2) is 0 Å². The van der Waals surface area contributed by atoms with Crippen LogP contribution in [0.5, 0.6) is 0 Å². The Morgan fingerprint density at radius 2 is 1.50 bits per heavy atom. The van der Waals surface area contributed by atoms with Crippen LogP contribution >= 0.6 is 22.6 Å². The van der Waals surface area contributed by atoms with E-state index in [-0.39, 0.29) is 9.58 Å². The lowest BCUT2D eigenvalue weighted by Crippen LogP contribution is -2.19. The van der Waals surface area contributed by atoms with Gasteiger partial charge < -0.3 is 4.74 Å². The lowest BCUT2D eigenvalue weighted by atomic mass is 10.0. The Morgan fingerprint density at radius 3 is 1.50 bits per heavy atom. The normalized spacial score (nSPS) is 15.3. The van der Waals surface area contributed by atoms with E-state index in [0.717, 1.165) is 0 Å². The van der Waals surface area contributed by atoms with Gasteiger partial charge in [-0.15, -0.1) is 0 Å². The molecule has 0 bridgehead atoms. The summed E-state index contributed by atoms with van der Waals surface area (Å²) in [7, 11) is 0. The van der Waals surface area contributed by atoms with Gasteiger partial charge in [0.25, 0.3) is 0 Å². The number of rotatable bonds is 0. The molecule has 0 amide bonds. The summed E-state index contributed by atoms with van der Waals surface area (Å²) in [5.41, 5.74) is -0.335. The van der Waals surface area contributed by atoms with Gasteiger partial charge in [-0.1, -0.05) is 25.7 Å². The van der Waals surface area contributed by atoms with E-state index in [1.54, 1.807) is 22.6 Å². The molecular weight excluding hydrogens is 267 g/mol. The number of halogens is 1. The zero-order valence-corrected chi connectivity index (χ0v) is 10.2. The summed E-state index contributed by atoms with van der Waals surface area (Å²) in [5.74, 6) is 0. The average molecular weight is 284 g/mol. The van der Waals surface area contributed by atoms with Crippen molar-refractivity contribution >= 4 is 26.6 Å². The van der Waals surface area contributed by atoms with Gasteiger partial charge in [-0.2, -0.15) is 0 Å². The monoisotopic (exact) mass is 284 g/mol. The predicted molar refractivity (Wildman–Crippen MR) is 58.7 cm³/mol. The van der Waals surface area contributed by atoms with Crippen LogP contribution in [0.25, 0.3) is 0 Å². The van der Waals surface area contributed by atoms with Crippen LogP contribution in [-0.4, -0.2) is 9.58 Å². The second kappa shape index (κ2) is 5.78. The summed E-state index contributed by atoms with van der Waals surface area (Å²) in [6.07, 6.45) is 6.00. The van der Waals surface area contributed by atoms with Gasteiger partial charge in [0, 0.05) is 0 Å². The SMILES string of the molecule is C1CCC1.CC(C)(C)OC(=O)I. The maximum Gasteiger partial charge on any atom is 0.367 e. The fourth-order valence-electron chi connectivity index (χ4n) is 0.491. The van der Waals surface area contributed by atoms with Gasteiger partial charge in [0.1, 0.15) is 5.60 Å². The summed E-state index contributed by atoms with van der Waals surface area (Å²) < 4.78 is 4.53. The highest BCUT2D eigenvalue weighted by Crippen LogP contribution is 2.15. The first-order valence-corrected chi connectivity index (χ1v) is 5.38. The average Bonchev–Trinajstić information content (AvgIpc) is 1.47. The number of hydrogen-bond donors (Lipinski definition) is 0. The fourth-order valence-corrected chi connectivity index (χ4v) is 1.15. The van der Waals surface area contributed by atoms with Crippen LogP contribution in [0.3, 0.4) is 0 Å². The first-order chi connectivity index (χ1) is 5.42. The molecule has 1 aliphatic carbocycles. The molecule has 0 aromatic heterocycles. The molecular formula is C9H17IO2. The third-order valence-corrected chi connectivity index (χ3v) is 1.61. The number of hydrogen-bond acceptors (Lipinski definition) is 2. The van der Waals surface area contributed by atoms with Crippen molar-refractivity contribution < 1.29 is 9.53 Å². The van der Waals surface area contributed by atoms with Crippen molar-refractivity contribution in [2.75, 3.05) is 0 Å². The summed E-state index contributed by atoms with van der Waals surface area (Å²) in [6.45, 7) is 5.51. The number of carbonyl (C=O) groups is 1. The molecule has 0 heterocycles. The van der Waals surface area contributed by atoms with Crippen molar-refractivity contribution in [2.45, 2.75) is 52.1 Å². The van der Waals surface area contributed by atoms with E-state index >= 15 is 0 Å². The van der Waals surface area contributed by atoms with Gasteiger partial charge in [0.05, 0.1) is 22.6 Å².